The number of aromatic nitrogens is 1. The molecule has 2 N–H and O–H groups in total. The second kappa shape index (κ2) is 10.2. The molecule has 182 valence electrons. The molecule has 1 aromatic heterocycles. The van der Waals surface area contributed by atoms with Gasteiger partial charge in [-0.3, -0.25) is 9.78 Å². The van der Waals surface area contributed by atoms with Crippen LogP contribution in [0, 0.1) is 11.8 Å². The van der Waals surface area contributed by atoms with Gasteiger partial charge in [0.2, 0.25) is 5.91 Å². The van der Waals surface area contributed by atoms with Crippen molar-refractivity contribution in [2.75, 3.05) is 13.1 Å². The molecule has 5 nitrogen and oxygen atoms in total. The van der Waals surface area contributed by atoms with Crippen molar-refractivity contribution in [3.05, 3.63) is 60.7 Å². The fraction of sp³-hybridized carbons (Fsp3) is 0.538. The first-order valence-corrected chi connectivity index (χ1v) is 14.0. The molecule has 8 heteroatoms. The Morgan fingerprint density at radius 3 is 2.38 bits per heavy atom. The van der Waals surface area contributed by atoms with Crippen molar-refractivity contribution in [2.24, 2.45) is 11.8 Å². The van der Waals surface area contributed by atoms with Crippen LogP contribution >= 0.6 is 43.5 Å². The van der Waals surface area contributed by atoms with Gasteiger partial charge in [0.15, 0.2) is 0 Å². The van der Waals surface area contributed by atoms with Gasteiger partial charge in [0.1, 0.15) is 0 Å². The molecule has 0 spiro atoms. The number of benzene rings is 1. The van der Waals surface area contributed by atoms with Gasteiger partial charge in [-0.2, -0.15) is 0 Å². The van der Waals surface area contributed by atoms with Gasteiger partial charge in [-0.25, -0.2) is 0 Å². The number of aryl methyl sites for hydroxylation is 2. The fourth-order valence-electron chi connectivity index (χ4n) is 6.20. The molecule has 34 heavy (non-hydrogen) atoms. The average Bonchev–Trinajstić information content (AvgIpc) is 2.95. The summed E-state index contributed by atoms with van der Waals surface area (Å²) >= 11 is 13.8. The van der Waals surface area contributed by atoms with Crippen molar-refractivity contribution in [1.82, 2.24) is 9.88 Å². The number of aliphatic hydroxyl groups is 2. The predicted octanol–water partition coefficient (Wildman–Crippen LogP) is 5.25. The van der Waals surface area contributed by atoms with Gasteiger partial charge in [-0.05, 0) is 102 Å². The molecule has 1 amide bonds. The number of fused-ring (bicyclic) bond motifs is 2. The lowest BCUT2D eigenvalue weighted by atomic mass is 9.76. The molecule has 1 aromatic carbocycles. The number of halogens is 3. The monoisotopic (exact) mass is 610 g/mol. The highest BCUT2D eigenvalue weighted by Gasteiger charge is 2.39. The van der Waals surface area contributed by atoms with Crippen molar-refractivity contribution in [3.63, 3.8) is 0 Å². The van der Waals surface area contributed by atoms with Crippen LogP contribution in [0.25, 0.3) is 0 Å². The van der Waals surface area contributed by atoms with Crippen molar-refractivity contribution < 1.29 is 15.0 Å². The number of nitrogens with zero attached hydrogens (tertiary/aromatic N) is 2. The topological polar surface area (TPSA) is 73.7 Å². The molecule has 1 aliphatic heterocycles. The van der Waals surface area contributed by atoms with Crippen LogP contribution < -0.4 is 0 Å². The molecule has 2 unspecified atom stereocenters. The Morgan fingerprint density at radius 2 is 1.68 bits per heavy atom. The van der Waals surface area contributed by atoms with Crippen LogP contribution in [-0.4, -0.2) is 51.3 Å². The van der Waals surface area contributed by atoms with E-state index in [0.29, 0.717) is 38.3 Å². The first-order chi connectivity index (χ1) is 16.3. The maximum Gasteiger partial charge on any atom is 0.225 e. The summed E-state index contributed by atoms with van der Waals surface area (Å²) in [6, 6.07) is 6.26. The Labute approximate surface area is 222 Å². The van der Waals surface area contributed by atoms with E-state index in [-0.39, 0.29) is 17.7 Å². The summed E-state index contributed by atoms with van der Waals surface area (Å²) in [5.74, 6) is 0.286. The summed E-state index contributed by atoms with van der Waals surface area (Å²) in [5.41, 5.74) is 4.94. The Morgan fingerprint density at radius 1 is 1.00 bits per heavy atom. The summed E-state index contributed by atoms with van der Waals surface area (Å²) in [6.45, 7) is 1.38. The number of rotatable bonds is 2. The van der Waals surface area contributed by atoms with E-state index in [0.717, 1.165) is 45.3 Å². The molecule has 2 aromatic rings. The number of hydrogen-bond donors (Lipinski definition) is 2. The van der Waals surface area contributed by atoms with Crippen LogP contribution in [0.4, 0.5) is 0 Å². The minimum atomic E-state index is -0.594. The van der Waals surface area contributed by atoms with Crippen molar-refractivity contribution >= 4 is 49.4 Å². The number of pyridine rings is 1. The lowest BCUT2D eigenvalue weighted by molar-refractivity contribution is -0.141. The van der Waals surface area contributed by atoms with Crippen molar-refractivity contribution in [3.8, 4) is 0 Å². The van der Waals surface area contributed by atoms with E-state index in [9.17, 15) is 15.0 Å². The van der Waals surface area contributed by atoms with Gasteiger partial charge in [0.05, 0.1) is 17.9 Å². The Kier molecular flexibility index (Phi) is 7.39. The molecule has 0 bridgehead atoms. The fourth-order valence-corrected chi connectivity index (χ4v) is 7.70. The predicted molar refractivity (Wildman–Crippen MR) is 139 cm³/mol. The molecule has 5 rings (SSSR count). The van der Waals surface area contributed by atoms with Crippen LogP contribution in [0.5, 0.6) is 0 Å². The highest BCUT2D eigenvalue weighted by atomic mass is 79.9. The molecular weight excluding hydrogens is 584 g/mol. The van der Waals surface area contributed by atoms with Crippen LogP contribution in [0.1, 0.15) is 60.4 Å². The largest absolute Gasteiger partial charge is 0.393 e. The maximum absolute atomic E-state index is 13.2. The number of likely N-dealkylation sites (tertiary alicyclic amines) is 1. The smallest absolute Gasteiger partial charge is 0.225 e. The number of amides is 1. The number of hydrogen-bond acceptors (Lipinski definition) is 4. The van der Waals surface area contributed by atoms with E-state index in [2.05, 4.69) is 44.0 Å². The van der Waals surface area contributed by atoms with E-state index in [4.69, 9.17) is 16.6 Å². The quantitative estimate of drug-likeness (QED) is 0.486. The second-order valence-corrected chi connectivity index (χ2v) is 12.2. The zero-order valence-electron chi connectivity index (χ0n) is 18.9. The van der Waals surface area contributed by atoms with E-state index in [1.54, 1.807) is 0 Å². The second-order valence-electron chi connectivity index (χ2n) is 10.0. The van der Waals surface area contributed by atoms with E-state index >= 15 is 0 Å². The highest BCUT2D eigenvalue weighted by Crippen LogP contribution is 2.46. The van der Waals surface area contributed by atoms with Gasteiger partial charge in [-0.1, -0.05) is 27.5 Å². The normalized spacial score (nSPS) is 27.6. The molecule has 1 saturated carbocycles. The van der Waals surface area contributed by atoms with Crippen molar-refractivity contribution in [2.45, 2.75) is 63.1 Å². The number of carbonyl (C=O) groups is 1. The van der Waals surface area contributed by atoms with Gasteiger partial charge < -0.3 is 15.1 Å². The van der Waals surface area contributed by atoms with E-state index in [1.807, 2.05) is 17.2 Å². The molecular formula is C26H29Br2ClN2O3. The third-order valence-corrected chi connectivity index (χ3v) is 9.05. The molecule has 0 radical (unpaired) electrons. The van der Waals surface area contributed by atoms with Crippen LogP contribution in [0.15, 0.2) is 33.3 Å². The lowest BCUT2D eigenvalue weighted by Crippen LogP contribution is -2.46. The Hall–Kier alpha value is -0.990. The Balaban J connectivity index is 1.41. The third kappa shape index (κ3) is 4.96. The lowest BCUT2D eigenvalue weighted by Gasteiger charge is -2.39. The van der Waals surface area contributed by atoms with Gasteiger partial charge >= 0.3 is 0 Å². The minimum Gasteiger partial charge on any atom is -0.393 e. The summed E-state index contributed by atoms with van der Waals surface area (Å²) < 4.78 is 2.02. The number of piperidine rings is 1. The first-order valence-electron chi connectivity index (χ1n) is 12.1. The highest BCUT2D eigenvalue weighted by molar-refractivity contribution is 9.10. The molecule has 1 saturated heterocycles. The zero-order chi connectivity index (χ0) is 24.0. The van der Waals surface area contributed by atoms with Crippen molar-refractivity contribution in [1.29, 1.82) is 0 Å². The molecule has 2 fully saturated rings. The van der Waals surface area contributed by atoms with Gasteiger partial charge in [0, 0.05) is 45.1 Å². The van der Waals surface area contributed by atoms with E-state index < -0.39 is 12.2 Å². The summed E-state index contributed by atoms with van der Waals surface area (Å²) in [5, 5.41) is 20.8. The van der Waals surface area contributed by atoms with Crippen LogP contribution in [-0.2, 0) is 17.6 Å². The molecule has 2 heterocycles. The summed E-state index contributed by atoms with van der Waals surface area (Å²) in [7, 11) is 0. The summed E-state index contributed by atoms with van der Waals surface area (Å²) in [4.78, 5) is 20.0. The Bertz CT molecular complexity index is 1080. The van der Waals surface area contributed by atoms with Gasteiger partial charge in [0.25, 0.3) is 0 Å². The van der Waals surface area contributed by atoms with Gasteiger partial charge in [-0.15, -0.1) is 0 Å². The first kappa shape index (κ1) is 24.7. The molecule has 3 atom stereocenters. The summed E-state index contributed by atoms with van der Waals surface area (Å²) in [6.07, 6.45) is 5.58. The average molecular weight is 613 g/mol. The SMILES string of the molecule is O=C(C1CC(O)CC(O)C1)N1CCC([C@H]2c3ncc(Br)cc3CCc3cc(Cl)cc(Br)c32)CC1. The minimum absolute atomic E-state index is 0.0768. The molecule has 3 aliphatic rings. The number of aliphatic hydroxyl groups excluding tert-OH is 2. The van der Waals surface area contributed by atoms with E-state index in [1.165, 1.54) is 16.7 Å². The number of carbonyl (C=O) groups excluding carboxylic acids is 1. The van der Waals surface area contributed by atoms with Crippen LogP contribution in [0.2, 0.25) is 5.02 Å². The molecule has 2 aliphatic carbocycles. The third-order valence-electron chi connectivity index (χ3n) is 7.75. The zero-order valence-corrected chi connectivity index (χ0v) is 22.8. The maximum atomic E-state index is 13.2. The standard InChI is InChI=1S/C26H29Br2ClN2O3/c27-18-7-16-2-1-15-8-19(29)11-22(28)23(15)24(25(16)30-13-18)14-3-5-31(6-4-14)26(34)17-9-20(32)12-21(33)10-17/h7-8,11,13-14,17,20-21,24,32-33H,1-6,9-10,12H2/t17?,20?,21?,24-/m1/s1. The van der Waals surface area contributed by atoms with Crippen LogP contribution in [0.3, 0.4) is 0 Å².